The molecule has 0 radical (unpaired) electrons. The molecule has 3 aromatic carbocycles. The number of para-hydroxylation sites is 1. The predicted molar refractivity (Wildman–Crippen MR) is 162 cm³/mol. The number of rotatable bonds is 10. The predicted octanol–water partition coefficient (Wildman–Crippen LogP) is 5.97. The number of sulfonamides is 1. The van der Waals surface area contributed by atoms with Crippen molar-refractivity contribution < 1.29 is 18.0 Å². The molecule has 0 bridgehead atoms. The summed E-state index contributed by atoms with van der Waals surface area (Å²) in [5.74, 6) is -1.04. The average molecular weight is 625 g/mol. The zero-order valence-electron chi connectivity index (χ0n) is 22.7. The minimum atomic E-state index is -3.94. The quantitative estimate of drug-likeness (QED) is 0.301. The summed E-state index contributed by atoms with van der Waals surface area (Å²) in [5.41, 5.74) is 0.795. The summed E-state index contributed by atoms with van der Waals surface area (Å²) in [6.45, 7) is 4.78. The fourth-order valence-corrected chi connectivity index (χ4v) is 5.78. The van der Waals surface area contributed by atoms with Crippen molar-refractivity contribution in [2.45, 2.75) is 45.3 Å². The van der Waals surface area contributed by atoms with Crippen molar-refractivity contribution in [3.05, 3.63) is 99.0 Å². The lowest BCUT2D eigenvalue weighted by molar-refractivity contribution is -0.140. The maximum absolute atomic E-state index is 14.1. The highest BCUT2D eigenvalue weighted by Crippen LogP contribution is 2.30. The molecule has 2 amide bonds. The molecule has 0 saturated carbocycles. The molecule has 0 heterocycles. The van der Waals surface area contributed by atoms with Crippen molar-refractivity contribution in [1.29, 1.82) is 0 Å². The summed E-state index contributed by atoms with van der Waals surface area (Å²) in [5, 5.41) is 3.74. The van der Waals surface area contributed by atoms with E-state index in [1.807, 2.05) is 51.1 Å². The molecule has 0 saturated heterocycles. The summed E-state index contributed by atoms with van der Waals surface area (Å²) < 4.78 is 26.7. The van der Waals surface area contributed by atoms with Crippen molar-refractivity contribution >= 4 is 62.3 Å². The molecule has 40 heavy (non-hydrogen) atoms. The van der Waals surface area contributed by atoms with Crippen LogP contribution < -0.4 is 9.62 Å². The highest BCUT2D eigenvalue weighted by Gasteiger charge is 2.35. The van der Waals surface area contributed by atoms with E-state index in [4.69, 9.17) is 34.8 Å². The van der Waals surface area contributed by atoms with Crippen LogP contribution in [0.1, 0.15) is 31.9 Å². The standard InChI is InChI=1S/C29H32Cl3N3O4S/c1-29(2,3)33-28(37)26(17-20-11-6-5-7-12-20)34(18-21-22(30)14-10-15-23(21)31)27(36)19-35(40(4,38)39)25-16-9-8-13-24(25)32/h5-16,26H,17-19H2,1-4H3,(H,33,37). The van der Waals surface area contributed by atoms with Gasteiger partial charge < -0.3 is 10.2 Å². The van der Waals surface area contributed by atoms with Crippen molar-refractivity contribution in [2.24, 2.45) is 0 Å². The number of hydrogen-bond acceptors (Lipinski definition) is 4. The van der Waals surface area contributed by atoms with Crippen LogP contribution in [-0.2, 0) is 32.6 Å². The molecule has 214 valence electrons. The Morgan fingerprint density at radius 1 is 0.850 bits per heavy atom. The first-order valence-electron chi connectivity index (χ1n) is 12.5. The van der Waals surface area contributed by atoms with Gasteiger partial charge in [-0.2, -0.15) is 0 Å². The Labute approximate surface area is 251 Å². The van der Waals surface area contributed by atoms with Crippen molar-refractivity contribution in [3.8, 4) is 0 Å². The van der Waals surface area contributed by atoms with Gasteiger partial charge in [-0.15, -0.1) is 0 Å². The third kappa shape index (κ3) is 8.61. The zero-order valence-corrected chi connectivity index (χ0v) is 25.8. The Balaban J connectivity index is 2.13. The maximum Gasteiger partial charge on any atom is 0.244 e. The van der Waals surface area contributed by atoms with Crippen LogP contribution in [0.25, 0.3) is 0 Å². The van der Waals surface area contributed by atoms with Gasteiger partial charge in [-0.1, -0.05) is 83.3 Å². The van der Waals surface area contributed by atoms with Crippen LogP contribution in [0.4, 0.5) is 5.69 Å². The summed E-state index contributed by atoms with van der Waals surface area (Å²) in [7, 11) is -3.94. The minimum Gasteiger partial charge on any atom is -0.350 e. The minimum absolute atomic E-state index is 0.132. The maximum atomic E-state index is 14.1. The molecular weight excluding hydrogens is 593 g/mol. The first-order valence-corrected chi connectivity index (χ1v) is 15.5. The number of halogens is 3. The van der Waals surface area contributed by atoms with Gasteiger partial charge in [-0.25, -0.2) is 8.42 Å². The molecule has 7 nitrogen and oxygen atoms in total. The Kier molecular flexibility index (Phi) is 10.5. The van der Waals surface area contributed by atoms with Crippen LogP contribution in [0.15, 0.2) is 72.8 Å². The molecule has 0 spiro atoms. The van der Waals surface area contributed by atoms with Gasteiger partial charge >= 0.3 is 0 Å². The molecule has 1 unspecified atom stereocenters. The molecule has 0 aliphatic rings. The molecule has 0 aliphatic carbocycles. The van der Waals surface area contributed by atoms with Gasteiger partial charge in [0, 0.05) is 34.1 Å². The molecular formula is C29H32Cl3N3O4S. The molecule has 3 aromatic rings. The van der Waals surface area contributed by atoms with E-state index in [-0.39, 0.29) is 23.7 Å². The fourth-order valence-electron chi connectivity index (χ4n) is 4.11. The van der Waals surface area contributed by atoms with E-state index in [2.05, 4.69) is 5.32 Å². The Morgan fingerprint density at radius 3 is 1.95 bits per heavy atom. The number of anilines is 1. The SMILES string of the molecule is CC(C)(C)NC(=O)C(Cc1ccccc1)N(Cc1c(Cl)cccc1Cl)C(=O)CN(c1ccccc1Cl)S(C)(=O)=O. The lowest BCUT2D eigenvalue weighted by Crippen LogP contribution is -2.56. The largest absolute Gasteiger partial charge is 0.350 e. The molecule has 0 aromatic heterocycles. The first kappa shape index (κ1) is 31.7. The van der Waals surface area contributed by atoms with Gasteiger partial charge in [0.15, 0.2) is 0 Å². The number of carbonyl (C=O) groups excluding carboxylic acids is 2. The van der Waals surface area contributed by atoms with Gasteiger partial charge in [-0.05, 0) is 50.6 Å². The number of benzene rings is 3. The summed E-state index contributed by atoms with van der Waals surface area (Å²) >= 11 is 19.3. The zero-order chi connectivity index (χ0) is 29.7. The molecule has 11 heteroatoms. The topological polar surface area (TPSA) is 86.8 Å². The van der Waals surface area contributed by atoms with E-state index in [9.17, 15) is 18.0 Å². The number of nitrogens with zero attached hydrogens (tertiary/aromatic N) is 2. The van der Waals surface area contributed by atoms with Crippen LogP contribution >= 0.6 is 34.8 Å². The van der Waals surface area contributed by atoms with E-state index in [0.717, 1.165) is 16.1 Å². The van der Waals surface area contributed by atoms with Crippen LogP contribution in [0.2, 0.25) is 15.1 Å². The summed E-state index contributed by atoms with van der Waals surface area (Å²) in [6, 6.07) is 19.5. The van der Waals surface area contributed by atoms with E-state index in [1.54, 1.807) is 30.3 Å². The molecule has 1 N–H and O–H groups in total. The van der Waals surface area contributed by atoms with E-state index in [1.165, 1.54) is 17.0 Å². The van der Waals surface area contributed by atoms with Gasteiger partial charge in [0.05, 0.1) is 17.0 Å². The molecule has 0 fully saturated rings. The molecule has 0 aliphatic heterocycles. The second kappa shape index (κ2) is 13.3. The number of nitrogens with one attached hydrogen (secondary N) is 1. The Bertz CT molecular complexity index is 1440. The monoisotopic (exact) mass is 623 g/mol. The third-order valence-electron chi connectivity index (χ3n) is 5.96. The smallest absolute Gasteiger partial charge is 0.244 e. The van der Waals surface area contributed by atoms with E-state index < -0.39 is 40.0 Å². The second-order valence-electron chi connectivity index (χ2n) is 10.4. The highest BCUT2D eigenvalue weighted by atomic mass is 35.5. The normalized spacial score (nSPS) is 12.5. The van der Waals surface area contributed by atoms with Crippen LogP contribution in [-0.4, -0.2) is 49.5 Å². The third-order valence-corrected chi connectivity index (χ3v) is 8.11. The van der Waals surface area contributed by atoms with E-state index in [0.29, 0.717) is 15.6 Å². The van der Waals surface area contributed by atoms with Gasteiger partial charge in [0.1, 0.15) is 12.6 Å². The first-order chi connectivity index (χ1) is 18.7. The van der Waals surface area contributed by atoms with Crippen LogP contribution in [0, 0.1) is 0 Å². The van der Waals surface area contributed by atoms with E-state index >= 15 is 0 Å². The lowest BCUT2D eigenvalue weighted by Gasteiger charge is -2.35. The van der Waals surface area contributed by atoms with Gasteiger partial charge in [0.25, 0.3) is 0 Å². The molecule has 1 atom stereocenters. The Hall–Kier alpha value is -2.78. The molecule has 3 rings (SSSR count). The number of amides is 2. The number of carbonyl (C=O) groups is 2. The number of hydrogen-bond donors (Lipinski definition) is 1. The summed E-state index contributed by atoms with van der Waals surface area (Å²) in [4.78, 5) is 29.2. The van der Waals surface area contributed by atoms with Gasteiger partial charge in [0.2, 0.25) is 21.8 Å². The average Bonchev–Trinajstić information content (AvgIpc) is 2.85. The summed E-state index contributed by atoms with van der Waals surface area (Å²) in [6.07, 6.45) is 1.16. The second-order valence-corrected chi connectivity index (χ2v) is 13.5. The van der Waals surface area contributed by atoms with Crippen molar-refractivity contribution in [3.63, 3.8) is 0 Å². The lowest BCUT2D eigenvalue weighted by atomic mass is 10.0. The van der Waals surface area contributed by atoms with Gasteiger partial charge in [-0.3, -0.25) is 13.9 Å². The fraction of sp³-hybridized carbons (Fsp3) is 0.310. The van der Waals surface area contributed by atoms with Crippen molar-refractivity contribution in [2.75, 3.05) is 17.1 Å². The Morgan fingerprint density at radius 2 is 1.40 bits per heavy atom. The highest BCUT2D eigenvalue weighted by molar-refractivity contribution is 7.92. The van der Waals surface area contributed by atoms with Crippen LogP contribution in [0.3, 0.4) is 0 Å². The van der Waals surface area contributed by atoms with Crippen LogP contribution in [0.5, 0.6) is 0 Å². The van der Waals surface area contributed by atoms with Crippen molar-refractivity contribution in [1.82, 2.24) is 10.2 Å².